The Morgan fingerprint density at radius 1 is 1.35 bits per heavy atom. The molecule has 1 unspecified atom stereocenters. The van der Waals surface area contributed by atoms with Crippen LogP contribution in [0.3, 0.4) is 0 Å². The summed E-state index contributed by atoms with van der Waals surface area (Å²) in [5, 5.41) is 0. The largest absolute Gasteiger partial charge is 0.325 e. The molecule has 92 valence electrons. The summed E-state index contributed by atoms with van der Waals surface area (Å²) in [5.41, 5.74) is 7.46. The standard InChI is InChI=1S/C11H18N6/c1-3-15-7-13-9-10(15)14-8-17-6-5-16(4-2)11(9,17)12/h7-8H,3-6,12H2,1-2H3. The number of hydrogen-bond donors (Lipinski definition) is 1. The fourth-order valence-electron chi connectivity index (χ4n) is 2.71. The quantitative estimate of drug-likeness (QED) is 0.798. The van der Waals surface area contributed by atoms with Crippen molar-refractivity contribution in [3.63, 3.8) is 0 Å². The van der Waals surface area contributed by atoms with Crippen LogP contribution in [-0.2, 0) is 12.3 Å². The van der Waals surface area contributed by atoms with Crippen molar-refractivity contribution in [2.24, 2.45) is 10.7 Å². The van der Waals surface area contributed by atoms with Crippen LogP contribution >= 0.6 is 0 Å². The number of fused-ring (bicyclic) bond motifs is 3. The van der Waals surface area contributed by atoms with Gasteiger partial charge < -0.3 is 9.47 Å². The summed E-state index contributed by atoms with van der Waals surface area (Å²) in [6, 6.07) is 0. The van der Waals surface area contributed by atoms with E-state index in [4.69, 9.17) is 5.73 Å². The lowest BCUT2D eigenvalue weighted by atomic mass is 10.2. The molecule has 6 heteroatoms. The van der Waals surface area contributed by atoms with Gasteiger partial charge in [0.25, 0.3) is 0 Å². The second-order valence-corrected chi connectivity index (χ2v) is 4.45. The number of aliphatic imine (C=N–C) groups is 1. The lowest BCUT2D eigenvalue weighted by molar-refractivity contribution is 0.0608. The molecule has 17 heavy (non-hydrogen) atoms. The van der Waals surface area contributed by atoms with Gasteiger partial charge in [0, 0.05) is 19.6 Å². The Kier molecular flexibility index (Phi) is 2.24. The molecule has 3 heterocycles. The van der Waals surface area contributed by atoms with Crippen LogP contribution in [0.4, 0.5) is 5.82 Å². The smallest absolute Gasteiger partial charge is 0.195 e. The first-order valence-electron chi connectivity index (χ1n) is 6.12. The molecule has 0 amide bonds. The van der Waals surface area contributed by atoms with E-state index in [0.717, 1.165) is 37.7 Å². The van der Waals surface area contributed by atoms with Crippen LogP contribution in [0.2, 0.25) is 0 Å². The van der Waals surface area contributed by atoms with Crippen molar-refractivity contribution in [3.05, 3.63) is 12.0 Å². The number of aryl methyl sites for hydroxylation is 1. The summed E-state index contributed by atoms with van der Waals surface area (Å²) in [4.78, 5) is 13.3. The molecule has 0 radical (unpaired) electrons. The van der Waals surface area contributed by atoms with Crippen LogP contribution < -0.4 is 5.73 Å². The molecule has 2 N–H and O–H groups in total. The van der Waals surface area contributed by atoms with Gasteiger partial charge in [-0.3, -0.25) is 10.6 Å². The zero-order valence-corrected chi connectivity index (χ0v) is 10.3. The third-order valence-electron chi connectivity index (χ3n) is 3.73. The molecule has 0 aliphatic carbocycles. The highest BCUT2D eigenvalue weighted by Crippen LogP contribution is 2.38. The molecule has 2 aliphatic heterocycles. The van der Waals surface area contributed by atoms with Crippen LogP contribution in [0.5, 0.6) is 0 Å². The van der Waals surface area contributed by atoms with Crippen LogP contribution in [0, 0.1) is 0 Å². The second-order valence-electron chi connectivity index (χ2n) is 4.45. The molecular formula is C11H18N6. The lowest BCUT2D eigenvalue weighted by Crippen LogP contribution is -2.58. The highest BCUT2D eigenvalue weighted by molar-refractivity contribution is 5.67. The molecule has 1 aromatic rings. The van der Waals surface area contributed by atoms with Crippen molar-refractivity contribution >= 4 is 12.2 Å². The Hall–Kier alpha value is -1.40. The van der Waals surface area contributed by atoms with Crippen molar-refractivity contribution in [1.82, 2.24) is 19.4 Å². The number of nitrogens with zero attached hydrogens (tertiary/aromatic N) is 5. The number of imidazole rings is 1. The predicted molar refractivity (Wildman–Crippen MR) is 65.9 cm³/mol. The Labute approximate surface area is 101 Å². The molecule has 1 atom stereocenters. The van der Waals surface area contributed by atoms with E-state index in [1.165, 1.54) is 0 Å². The minimum absolute atomic E-state index is 0.605. The van der Waals surface area contributed by atoms with Crippen molar-refractivity contribution in [3.8, 4) is 0 Å². The number of rotatable bonds is 2. The first kappa shape index (κ1) is 10.7. The number of nitrogens with two attached hydrogens (primary N) is 1. The van der Waals surface area contributed by atoms with Crippen molar-refractivity contribution < 1.29 is 0 Å². The van der Waals surface area contributed by atoms with E-state index >= 15 is 0 Å². The summed E-state index contributed by atoms with van der Waals surface area (Å²) in [6.07, 6.45) is 3.68. The van der Waals surface area contributed by atoms with Gasteiger partial charge in [-0.1, -0.05) is 6.92 Å². The van der Waals surface area contributed by atoms with Crippen molar-refractivity contribution in [2.75, 3.05) is 19.6 Å². The van der Waals surface area contributed by atoms with Gasteiger partial charge in [0.05, 0.1) is 12.7 Å². The third-order valence-corrected chi connectivity index (χ3v) is 3.73. The van der Waals surface area contributed by atoms with Gasteiger partial charge in [-0.15, -0.1) is 0 Å². The summed E-state index contributed by atoms with van der Waals surface area (Å²) in [6.45, 7) is 7.85. The maximum atomic E-state index is 6.58. The Bertz CT molecular complexity index is 465. The van der Waals surface area contributed by atoms with Crippen LogP contribution in [0.25, 0.3) is 0 Å². The minimum atomic E-state index is -0.605. The van der Waals surface area contributed by atoms with Gasteiger partial charge in [0.2, 0.25) is 0 Å². The Morgan fingerprint density at radius 3 is 2.88 bits per heavy atom. The van der Waals surface area contributed by atoms with Crippen LogP contribution in [0.15, 0.2) is 11.3 Å². The van der Waals surface area contributed by atoms with Gasteiger partial charge >= 0.3 is 0 Å². The van der Waals surface area contributed by atoms with E-state index in [-0.39, 0.29) is 0 Å². The second kappa shape index (κ2) is 3.54. The first-order chi connectivity index (χ1) is 8.21. The van der Waals surface area contributed by atoms with Gasteiger partial charge in [0.1, 0.15) is 5.69 Å². The van der Waals surface area contributed by atoms with Gasteiger partial charge in [-0.25, -0.2) is 9.98 Å². The van der Waals surface area contributed by atoms with E-state index in [2.05, 4.69) is 33.6 Å². The molecule has 0 aromatic carbocycles. The van der Waals surface area contributed by atoms with Gasteiger partial charge in [-0.05, 0) is 13.5 Å². The SMILES string of the molecule is CCN1CCN2C=Nc3c(ncn3CC)C21N. The first-order valence-corrected chi connectivity index (χ1v) is 6.12. The fraction of sp³-hybridized carbons (Fsp3) is 0.636. The number of likely N-dealkylation sites (N-methyl/N-ethyl adjacent to an activating group) is 1. The monoisotopic (exact) mass is 234 g/mol. The molecule has 1 saturated heterocycles. The van der Waals surface area contributed by atoms with E-state index in [9.17, 15) is 0 Å². The van der Waals surface area contributed by atoms with Crippen LogP contribution in [0.1, 0.15) is 19.5 Å². The van der Waals surface area contributed by atoms with E-state index in [1.807, 2.05) is 17.2 Å². The molecule has 6 nitrogen and oxygen atoms in total. The number of hydrogen-bond acceptors (Lipinski definition) is 5. The molecule has 0 bridgehead atoms. The molecule has 3 rings (SSSR count). The van der Waals surface area contributed by atoms with Crippen molar-refractivity contribution in [1.29, 1.82) is 0 Å². The zero-order chi connectivity index (χ0) is 12.0. The highest BCUT2D eigenvalue weighted by Gasteiger charge is 2.49. The Balaban J connectivity index is 2.14. The summed E-state index contributed by atoms with van der Waals surface area (Å²) >= 11 is 0. The zero-order valence-electron chi connectivity index (χ0n) is 10.3. The minimum Gasteiger partial charge on any atom is -0.325 e. The molecule has 0 spiro atoms. The van der Waals surface area contributed by atoms with Gasteiger partial charge in [-0.2, -0.15) is 0 Å². The molecule has 2 aliphatic rings. The van der Waals surface area contributed by atoms with E-state index in [0.29, 0.717) is 0 Å². The molecule has 0 saturated carbocycles. The normalized spacial score (nSPS) is 27.4. The lowest BCUT2D eigenvalue weighted by Gasteiger charge is -2.39. The van der Waals surface area contributed by atoms with E-state index < -0.39 is 5.79 Å². The average Bonchev–Trinajstić information content (AvgIpc) is 2.89. The number of aromatic nitrogens is 2. The maximum absolute atomic E-state index is 6.58. The average molecular weight is 234 g/mol. The third kappa shape index (κ3) is 1.22. The summed E-state index contributed by atoms with van der Waals surface area (Å²) in [7, 11) is 0. The van der Waals surface area contributed by atoms with E-state index in [1.54, 1.807) is 0 Å². The van der Waals surface area contributed by atoms with Crippen LogP contribution in [-0.4, -0.2) is 45.3 Å². The maximum Gasteiger partial charge on any atom is 0.195 e. The summed E-state index contributed by atoms with van der Waals surface area (Å²) < 4.78 is 2.03. The van der Waals surface area contributed by atoms with Crippen molar-refractivity contribution in [2.45, 2.75) is 26.2 Å². The predicted octanol–water partition coefficient (Wildman–Crippen LogP) is 0.283. The highest BCUT2D eigenvalue weighted by atomic mass is 15.5. The molecular weight excluding hydrogens is 216 g/mol. The molecule has 1 aromatic heterocycles. The Morgan fingerprint density at radius 2 is 2.18 bits per heavy atom. The topological polar surface area (TPSA) is 62.7 Å². The summed E-state index contributed by atoms with van der Waals surface area (Å²) in [5.74, 6) is 0.290. The van der Waals surface area contributed by atoms with Gasteiger partial charge in [0.15, 0.2) is 11.6 Å². The fourth-order valence-corrected chi connectivity index (χ4v) is 2.71. The molecule has 1 fully saturated rings.